The average molecular weight is 246 g/mol. The summed E-state index contributed by atoms with van der Waals surface area (Å²) in [6.45, 7) is 2.80. The van der Waals surface area contributed by atoms with E-state index in [1.807, 2.05) is 30.1 Å². The largest absolute Gasteiger partial charge is 0.493 e. The molecule has 0 radical (unpaired) electrons. The van der Waals surface area contributed by atoms with Crippen LogP contribution in [0, 0.1) is 0 Å². The van der Waals surface area contributed by atoms with Crippen LogP contribution in [0.5, 0.6) is 5.75 Å². The molecule has 5 heteroatoms. The summed E-state index contributed by atoms with van der Waals surface area (Å²) in [6.07, 6.45) is 4.70. The lowest BCUT2D eigenvalue weighted by molar-refractivity contribution is 0.415. The van der Waals surface area contributed by atoms with Gasteiger partial charge in [0.15, 0.2) is 11.6 Å². The lowest BCUT2D eigenvalue weighted by Gasteiger charge is -2.09. The average Bonchev–Trinajstić information content (AvgIpc) is 2.77. The zero-order valence-corrected chi connectivity index (χ0v) is 11.0. The standard InChI is InChI=1S/C13H18N4O/c1-4-11-10(9-17(2)16-11)8-15-13-12(18-3)6-5-7-14-13/h5-7,9H,4,8H2,1-3H3,(H,14,15). The number of anilines is 1. The van der Waals surface area contributed by atoms with Crippen LogP contribution in [0.4, 0.5) is 5.82 Å². The van der Waals surface area contributed by atoms with Crippen molar-refractivity contribution >= 4 is 5.82 Å². The van der Waals surface area contributed by atoms with E-state index in [9.17, 15) is 0 Å². The Morgan fingerprint density at radius 3 is 3.00 bits per heavy atom. The molecule has 0 spiro atoms. The Labute approximate surface area is 107 Å². The first-order valence-corrected chi connectivity index (χ1v) is 5.98. The van der Waals surface area contributed by atoms with Gasteiger partial charge in [-0.15, -0.1) is 0 Å². The summed E-state index contributed by atoms with van der Waals surface area (Å²) in [5.74, 6) is 1.50. The fourth-order valence-corrected chi connectivity index (χ4v) is 1.90. The molecular weight excluding hydrogens is 228 g/mol. The smallest absolute Gasteiger partial charge is 0.169 e. The highest BCUT2D eigenvalue weighted by atomic mass is 16.5. The molecule has 0 unspecified atom stereocenters. The first-order valence-electron chi connectivity index (χ1n) is 5.98. The van der Waals surface area contributed by atoms with Crippen molar-refractivity contribution in [2.75, 3.05) is 12.4 Å². The van der Waals surface area contributed by atoms with Crippen molar-refractivity contribution in [3.05, 3.63) is 35.8 Å². The van der Waals surface area contributed by atoms with Crippen LogP contribution >= 0.6 is 0 Å². The Bertz CT molecular complexity index is 521. The highest BCUT2D eigenvalue weighted by Gasteiger charge is 2.07. The molecule has 0 aliphatic rings. The second kappa shape index (κ2) is 5.53. The Morgan fingerprint density at radius 1 is 1.44 bits per heavy atom. The van der Waals surface area contributed by atoms with Gasteiger partial charge in [0.25, 0.3) is 0 Å². The van der Waals surface area contributed by atoms with Gasteiger partial charge in [0, 0.05) is 31.5 Å². The molecule has 0 aliphatic heterocycles. The van der Waals surface area contributed by atoms with Crippen LogP contribution in [-0.2, 0) is 20.0 Å². The van der Waals surface area contributed by atoms with E-state index in [0.717, 1.165) is 23.7 Å². The van der Waals surface area contributed by atoms with E-state index in [4.69, 9.17) is 4.74 Å². The van der Waals surface area contributed by atoms with Gasteiger partial charge in [-0.25, -0.2) is 4.98 Å². The number of ether oxygens (including phenoxy) is 1. The Morgan fingerprint density at radius 2 is 2.28 bits per heavy atom. The minimum absolute atomic E-state index is 0.699. The number of nitrogens with zero attached hydrogens (tertiary/aromatic N) is 3. The summed E-state index contributed by atoms with van der Waals surface area (Å²) in [5, 5.41) is 7.69. The molecule has 96 valence electrons. The topological polar surface area (TPSA) is 52.0 Å². The van der Waals surface area contributed by atoms with Gasteiger partial charge in [-0.1, -0.05) is 6.92 Å². The van der Waals surface area contributed by atoms with Crippen molar-refractivity contribution in [2.45, 2.75) is 19.9 Å². The number of methoxy groups -OCH3 is 1. The zero-order chi connectivity index (χ0) is 13.0. The van der Waals surface area contributed by atoms with E-state index in [-0.39, 0.29) is 0 Å². The van der Waals surface area contributed by atoms with Crippen molar-refractivity contribution in [2.24, 2.45) is 7.05 Å². The van der Waals surface area contributed by atoms with Gasteiger partial charge in [-0.2, -0.15) is 5.10 Å². The van der Waals surface area contributed by atoms with Crippen molar-refractivity contribution in [3.63, 3.8) is 0 Å². The summed E-state index contributed by atoms with van der Waals surface area (Å²) >= 11 is 0. The van der Waals surface area contributed by atoms with E-state index in [0.29, 0.717) is 6.54 Å². The van der Waals surface area contributed by atoms with Crippen LogP contribution in [0.3, 0.4) is 0 Å². The van der Waals surface area contributed by atoms with Gasteiger partial charge < -0.3 is 10.1 Å². The maximum Gasteiger partial charge on any atom is 0.169 e. The third kappa shape index (κ3) is 2.61. The minimum atomic E-state index is 0.699. The normalized spacial score (nSPS) is 10.4. The maximum atomic E-state index is 5.25. The quantitative estimate of drug-likeness (QED) is 0.876. The fourth-order valence-electron chi connectivity index (χ4n) is 1.90. The van der Waals surface area contributed by atoms with Gasteiger partial charge in [-0.05, 0) is 18.6 Å². The van der Waals surface area contributed by atoms with Crippen molar-refractivity contribution < 1.29 is 4.74 Å². The molecule has 2 aromatic heterocycles. The number of aromatic nitrogens is 3. The van der Waals surface area contributed by atoms with E-state index < -0.39 is 0 Å². The molecule has 1 N–H and O–H groups in total. The number of pyridine rings is 1. The third-order valence-corrected chi connectivity index (χ3v) is 2.76. The van der Waals surface area contributed by atoms with Gasteiger partial charge in [0.2, 0.25) is 0 Å². The SMILES string of the molecule is CCc1nn(C)cc1CNc1ncccc1OC. The second-order valence-corrected chi connectivity index (χ2v) is 4.04. The first kappa shape index (κ1) is 12.4. The summed E-state index contributed by atoms with van der Waals surface area (Å²) < 4.78 is 7.09. The second-order valence-electron chi connectivity index (χ2n) is 4.04. The number of nitrogens with one attached hydrogen (secondary N) is 1. The van der Waals surface area contributed by atoms with E-state index in [2.05, 4.69) is 22.3 Å². The molecule has 2 heterocycles. The number of rotatable bonds is 5. The van der Waals surface area contributed by atoms with Gasteiger partial charge >= 0.3 is 0 Å². The summed E-state index contributed by atoms with van der Waals surface area (Å²) in [7, 11) is 3.58. The summed E-state index contributed by atoms with van der Waals surface area (Å²) in [5.41, 5.74) is 2.30. The summed E-state index contributed by atoms with van der Waals surface area (Å²) in [4.78, 5) is 4.26. The van der Waals surface area contributed by atoms with Crippen molar-refractivity contribution in [3.8, 4) is 5.75 Å². The van der Waals surface area contributed by atoms with Crippen LogP contribution in [0.15, 0.2) is 24.5 Å². The molecule has 0 aliphatic carbocycles. The molecule has 2 rings (SSSR count). The first-order chi connectivity index (χ1) is 8.74. The van der Waals surface area contributed by atoms with Gasteiger partial charge in [0.1, 0.15) is 0 Å². The predicted molar refractivity (Wildman–Crippen MR) is 70.7 cm³/mol. The molecule has 5 nitrogen and oxygen atoms in total. The Hall–Kier alpha value is -2.04. The Balaban J connectivity index is 2.11. The van der Waals surface area contributed by atoms with E-state index in [1.54, 1.807) is 13.3 Å². The molecule has 0 fully saturated rings. The highest BCUT2D eigenvalue weighted by Crippen LogP contribution is 2.21. The van der Waals surface area contributed by atoms with Crippen LogP contribution in [0.25, 0.3) is 0 Å². The van der Waals surface area contributed by atoms with Crippen LogP contribution in [0.2, 0.25) is 0 Å². The summed E-state index contributed by atoms with van der Waals surface area (Å²) in [6, 6.07) is 3.74. The molecule has 18 heavy (non-hydrogen) atoms. The molecular formula is C13H18N4O. The minimum Gasteiger partial charge on any atom is -0.493 e. The predicted octanol–water partition coefficient (Wildman–Crippen LogP) is 2.00. The van der Waals surface area contributed by atoms with Crippen LogP contribution in [-0.4, -0.2) is 21.9 Å². The molecule has 0 atom stereocenters. The molecule has 0 bridgehead atoms. The van der Waals surface area contributed by atoms with Crippen LogP contribution < -0.4 is 10.1 Å². The van der Waals surface area contributed by atoms with Crippen molar-refractivity contribution in [1.82, 2.24) is 14.8 Å². The highest BCUT2D eigenvalue weighted by molar-refractivity contribution is 5.49. The number of hydrogen-bond donors (Lipinski definition) is 1. The zero-order valence-electron chi connectivity index (χ0n) is 11.0. The van der Waals surface area contributed by atoms with Gasteiger partial charge in [-0.3, -0.25) is 4.68 Å². The molecule has 0 aromatic carbocycles. The molecule has 0 saturated carbocycles. The number of aryl methyl sites for hydroxylation is 2. The van der Waals surface area contributed by atoms with E-state index >= 15 is 0 Å². The Kier molecular flexibility index (Phi) is 3.82. The molecule has 0 amide bonds. The fraction of sp³-hybridized carbons (Fsp3) is 0.385. The molecule has 2 aromatic rings. The van der Waals surface area contributed by atoms with E-state index in [1.165, 1.54) is 5.56 Å². The monoisotopic (exact) mass is 246 g/mol. The van der Waals surface area contributed by atoms with Crippen molar-refractivity contribution in [1.29, 1.82) is 0 Å². The molecule has 0 saturated heterocycles. The lowest BCUT2D eigenvalue weighted by atomic mass is 10.2. The number of hydrogen-bond acceptors (Lipinski definition) is 4. The lowest BCUT2D eigenvalue weighted by Crippen LogP contribution is -2.04. The van der Waals surface area contributed by atoms with Crippen LogP contribution in [0.1, 0.15) is 18.2 Å². The van der Waals surface area contributed by atoms with Gasteiger partial charge in [0.05, 0.1) is 12.8 Å². The maximum absolute atomic E-state index is 5.25. The third-order valence-electron chi connectivity index (χ3n) is 2.76.